The molecule has 0 saturated carbocycles. The molecule has 4 rings (SSSR count). The monoisotopic (exact) mass is 381 g/mol. The Balaban J connectivity index is 1.36. The Labute approximate surface area is 159 Å². The van der Waals surface area contributed by atoms with E-state index in [1.807, 2.05) is 18.3 Å². The maximum atomic E-state index is 12.2. The van der Waals surface area contributed by atoms with Gasteiger partial charge in [-0.2, -0.15) is 13.9 Å². The molecular formula is C20H17F2N5O. The molecule has 0 aliphatic carbocycles. The van der Waals surface area contributed by atoms with Crippen molar-refractivity contribution in [3.8, 4) is 5.75 Å². The van der Waals surface area contributed by atoms with Crippen LogP contribution >= 0.6 is 0 Å². The summed E-state index contributed by atoms with van der Waals surface area (Å²) in [5.74, 6) is 0.535. The molecule has 0 saturated heterocycles. The number of nitrogens with zero attached hydrogens (tertiary/aromatic N) is 3. The molecular weight excluding hydrogens is 364 g/mol. The second kappa shape index (κ2) is 7.99. The topological polar surface area (TPSA) is 75.7 Å². The van der Waals surface area contributed by atoms with Gasteiger partial charge in [-0.3, -0.25) is 5.10 Å². The van der Waals surface area contributed by atoms with E-state index in [2.05, 4.69) is 36.3 Å². The first-order valence-electron chi connectivity index (χ1n) is 8.71. The van der Waals surface area contributed by atoms with Gasteiger partial charge in [0, 0.05) is 23.5 Å². The van der Waals surface area contributed by atoms with Crippen LogP contribution in [0.2, 0.25) is 0 Å². The Morgan fingerprint density at radius 3 is 2.50 bits per heavy atom. The molecule has 0 aliphatic rings. The lowest BCUT2D eigenvalue weighted by Crippen LogP contribution is -2.02. The fourth-order valence-corrected chi connectivity index (χ4v) is 2.92. The molecule has 6 nitrogen and oxygen atoms in total. The second-order valence-electron chi connectivity index (χ2n) is 6.19. The fourth-order valence-electron chi connectivity index (χ4n) is 2.92. The quantitative estimate of drug-likeness (QED) is 0.494. The van der Waals surface area contributed by atoms with Crippen LogP contribution in [0.15, 0.2) is 61.1 Å². The number of hydrogen-bond donors (Lipinski definition) is 2. The summed E-state index contributed by atoms with van der Waals surface area (Å²) < 4.78 is 28.7. The Morgan fingerprint density at radius 2 is 1.75 bits per heavy atom. The predicted octanol–water partition coefficient (Wildman–Crippen LogP) is 4.48. The standard InChI is InChI=1S/C20H17F2N5O/c21-19(22)28-16-8-6-15(7-9-16)26-20-23-10-13(11-24-20)4-5-14-2-1-3-18-17(14)12-25-27-18/h1-3,6-12,19H,4-5H2,(H,25,27)(H,23,24,26). The average Bonchev–Trinajstić information content (AvgIpc) is 3.18. The van der Waals surface area contributed by atoms with Gasteiger partial charge in [-0.25, -0.2) is 9.97 Å². The Hall–Kier alpha value is -3.55. The number of H-pyrrole nitrogens is 1. The van der Waals surface area contributed by atoms with Crippen molar-refractivity contribution in [2.75, 3.05) is 5.32 Å². The number of anilines is 2. The van der Waals surface area contributed by atoms with Crippen molar-refractivity contribution < 1.29 is 13.5 Å². The van der Waals surface area contributed by atoms with E-state index in [4.69, 9.17) is 0 Å². The zero-order chi connectivity index (χ0) is 19.3. The van der Waals surface area contributed by atoms with Crippen molar-refractivity contribution in [1.29, 1.82) is 0 Å². The van der Waals surface area contributed by atoms with Crippen molar-refractivity contribution in [3.05, 3.63) is 72.2 Å². The molecule has 142 valence electrons. The van der Waals surface area contributed by atoms with Crippen molar-refractivity contribution in [3.63, 3.8) is 0 Å². The molecule has 2 aromatic heterocycles. The molecule has 0 amide bonds. The summed E-state index contributed by atoms with van der Waals surface area (Å²) in [6.07, 6.45) is 7.06. The van der Waals surface area contributed by atoms with Gasteiger partial charge >= 0.3 is 6.61 Å². The maximum absolute atomic E-state index is 12.2. The number of aromatic amines is 1. The van der Waals surface area contributed by atoms with Gasteiger partial charge in [0.1, 0.15) is 5.75 Å². The van der Waals surface area contributed by atoms with E-state index < -0.39 is 6.61 Å². The first kappa shape index (κ1) is 17.8. The van der Waals surface area contributed by atoms with Crippen LogP contribution in [0.1, 0.15) is 11.1 Å². The van der Waals surface area contributed by atoms with E-state index in [9.17, 15) is 8.78 Å². The van der Waals surface area contributed by atoms with Crippen molar-refractivity contribution in [1.82, 2.24) is 20.2 Å². The summed E-state index contributed by atoms with van der Waals surface area (Å²) in [5, 5.41) is 11.2. The van der Waals surface area contributed by atoms with E-state index in [1.54, 1.807) is 24.5 Å². The molecule has 0 radical (unpaired) electrons. The Kier molecular flexibility index (Phi) is 5.09. The van der Waals surface area contributed by atoms with Crippen LogP contribution in [0.4, 0.5) is 20.4 Å². The number of aromatic nitrogens is 4. The summed E-state index contributed by atoms with van der Waals surface area (Å²) in [6.45, 7) is -2.84. The number of benzene rings is 2. The predicted molar refractivity (Wildman–Crippen MR) is 102 cm³/mol. The van der Waals surface area contributed by atoms with E-state index in [0.29, 0.717) is 11.6 Å². The van der Waals surface area contributed by atoms with Crippen LogP contribution in [0.5, 0.6) is 5.75 Å². The largest absolute Gasteiger partial charge is 0.435 e. The first-order valence-corrected chi connectivity index (χ1v) is 8.71. The lowest BCUT2D eigenvalue weighted by atomic mass is 10.0. The minimum atomic E-state index is -2.84. The highest BCUT2D eigenvalue weighted by Gasteiger charge is 2.06. The molecule has 0 aliphatic heterocycles. The third-order valence-corrected chi connectivity index (χ3v) is 4.30. The molecule has 2 heterocycles. The first-order chi connectivity index (χ1) is 13.7. The Morgan fingerprint density at radius 1 is 0.964 bits per heavy atom. The van der Waals surface area contributed by atoms with Crippen molar-refractivity contribution in [2.45, 2.75) is 19.5 Å². The molecule has 0 bridgehead atoms. The summed E-state index contributed by atoms with van der Waals surface area (Å²) in [5.41, 5.74) is 3.95. The van der Waals surface area contributed by atoms with E-state index in [-0.39, 0.29) is 5.75 Å². The smallest absolute Gasteiger partial charge is 0.387 e. The summed E-state index contributed by atoms with van der Waals surface area (Å²) in [4.78, 5) is 8.63. The molecule has 4 aromatic rings. The van der Waals surface area contributed by atoms with Gasteiger partial charge in [0.05, 0.1) is 11.7 Å². The fraction of sp³-hybridized carbons (Fsp3) is 0.150. The van der Waals surface area contributed by atoms with Crippen LogP contribution in [-0.2, 0) is 12.8 Å². The van der Waals surface area contributed by atoms with E-state index in [0.717, 1.165) is 29.3 Å². The minimum Gasteiger partial charge on any atom is -0.435 e. The molecule has 28 heavy (non-hydrogen) atoms. The zero-order valence-corrected chi connectivity index (χ0v) is 14.8. The van der Waals surface area contributed by atoms with Gasteiger partial charge in [0.15, 0.2) is 0 Å². The van der Waals surface area contributed by atoms with E-state index in [1.165, 1.54) is 17.7 Å². The number of hydrogen-bond acceptors (Lipinski definition) is 5. The number of ether oxygens (including phenoxy) is 1. The Bertz CT molecular complexity index is 1050. The number of fused-ring (bicyclic) bond motifs is 1. The van der Waals surface area contributed by atoms with Crippen LogP contribution in [-0.4, -0.2) is 26.8 Å². The molecule has 2 aromatic carbocycles. The average molecular weight is 381 g/mol. The highest BCUT2D eigenvalue weighted by molar-refractivity contribution is 5.81. The summed E-state index contributed by atoms with van der Waals surface area (Å²) in [6, 6.07) is 12.3. The number of nitrogens with one attached hydrogen (secondary N) is 2. The molecule has 2 N–H and O–H groups in total. The van der Waals surface area contributed by atoms with Gasteiger partial charge in [0.2, 0.25) is 5.95 Å². The van der Waals surface area contributed by atoms with Gasteiger partial charge in [-0.05, 0) is 54.3 Å². The third kappa shape index (κ3) is 4.22. The number of alkyl halides is 2. The molecule has 0 fully saturated rings. The molecule has 0 unspecified atom stereocenters. The van der Waals surface area contributed by atoms with Crippen LogP contribution in [0.3, 0.4) is 0 Å². The van der Waals surface area contributed by atoms with E-state index >= 15 is 0 Å². The highest BCUT2D eigenvalue weighted by atomic mass is 19.3. The normalized spacial score (nSPS) is 11.1. The second-order valence-corrected chi connectivity index (χ2v) is 6.19. The van der Waals surface area contributed by atoms with Crippen molar-refractivity contribution >= 4 is 22.5 Å². The number of aryl methyl sites for hydroxylation is 2. The number of halogens is 2. The van der Waals surface area contributed by atoms with Gasteiger partial charge in [-0.1, -0.05) is 12.1 Å². The van der Waals surface area contributed by atoms with Gasteiger partial charge in [-0.15, -0.1) is 0 Å². The summed E-state index contributed by atoms with van der Waals surface area (Å²) >= 11 is 0. The SMILES string of the molecule is FC(F)Oc1ccc(Nc2ncc(CCc3cccc4[nH]ncc34)cn2)cc1. The molecule has 0 spiro atoms. The van der Waals surface area contributed by atoms with Crippen LogP contribution in [0, 0.1) is 0 Å². The maximum Gasteiger partial charge on any atom is 0.387 e. The highest BCUT2D eigenvalue weighted by Crippen LogP contribution is 2.20. The molecule has 8 heteroatoms. The minimum absolute atomic E-state index is 0.101. The number of rotatable bonds is 7. The van der Waals surface area contributed by atoms with Crippen LogP contribution < -0.4 is 10.1 Å². The zero-order valence-electron chi connectivity index (χ0n) is 14.8. The third-order valence-electron chi connectivity index (χ3n) is 4.30. The summed E-state index contributed by atoms with van der Waals surface area (Å²) in [7, 11) is 0. The van der Waals surface area contributed by atoms with Gasteiger partial charge in [0.25, 0.3) is 0 Å². The lowest BCUT2D eigenvalue weighted by molar-refractivity contribution is -0.0498. The van der Waals surface area contributed by atoms with Crippen LogP contribution in [0.25, 0.3) is 10.9 Å². The van der Waals surface area contributed by atoms with Gasteiger partial charge < -0.3 is 10.1 Å². The lowest BCUT2D eigenvalue weighted by Gasteiger charge is -2.08. The van der Waals surface area contributed by atoms with Crippen molar-refractivity contribution in [2.24, 2.45) is 0 Å². The molecule has 0 atom stereocenters.